The molecule has 0 saturated heterocycles. The third kappa shape index (κ3) is 6.85. The number of aryl methyl sites for hydroxylation is 1. The van der Waals surface area contributed by atoms with E-state index in [0.29, 0.717) is 22.7 Å². The van der Waals surface area contributed by atoms with E-state index in [1.165, 1.54) is 50.6 Å². The largest absolute Gasteiger partial charge is 0.497 e. The van der Waals surface area contributed by atoms with Gasteiger partial charge >= 0.3 is 17.9 Å². The molecule has 0 fully saturated rings. The summed E-state index contributed by atoms with van der Waals surface area (Å²) in [5.74, 6) is -4.10. The fourth-order valence-electron chi connectivity index (χ4n) is 3.28. The first-order valence-electron chi connectivity index (χ1n) is 11.0. The average Bonchev–Trinajstić information content (AvgIpc) is 2.91. The molecule has 10 nitrogen and oxygen atoms in total. The number of esters is 2. The molecule has 192 valence electrons. The van der Waals surface area contributed by atoms with Gasteiger partial charge in [0.15, 0.2) is 0 Å². The molecule has 0 aliphatic rings. The van der Waals surface area contributed by atoms with Crippen molar-refractivity contribution < 1.29 is 43.2 Å². The second kappa shape index (κ2) is 12.2. The van der Waals surface area contributed by atoms with E-state index in [1.54, 1.807) is 43.3 Å². The fourth-order valence-corrected chi connectivity index (χ4v) is 3.28. The number of benzene rings is 3. The van der Waals surface area contributed by atoms with Crippen LogP contribution in [0.25, 0.3) is 0 Å². The first-order chi connectivity index (χ1) is 17.7. The molecule has 37 heavy (non-hydrogen) atoms. The molecule has 2 atom stereocenters. The molecule has 2 N–H and O–H groups in total. The van der Waals surface area contributed by atoms with Crippen LogP contribution < -0.4 is 14.8 Å². The minimum atomic E-state index is -2.17. The summed E-state index contributed by atoms with van der Waals surface area (Å²) in [6.07, 6.45) is -4.21. The van der Waals surface area contributed by atoms with Crippen LogP contribution in [0.1, 0.15) is 26.3 Å². The highest BCUT2D eigenvalue weighted by Gasteiger charge is 2.41. The van der Waals surface area contributed by atoms with E-state index >= 15 is 0 Å². The molecular formula is C27H25NO9. The predicted molar refractivity (Wildman–Crippen MR) is 132 cm³/mol. The summed E-state index contributed by atoms with van der Waals surface area (Å²) in [5, 5.41) is 12.4. The maximum atomic E-state index is 13.2. The first-order valence-corrected chi connectivity index (χ1v) is 11.0. The van der Waals surface area contributed by atoms with Gasteiger partial charge in [-0.05, 0) is 55.0 Å². The Hall–Kier alpha value is -4.86. The Morgan fingerprint density at radius 1 is 0.730 bits per heavy atom. The first kappa shape index (κ1) is 26.7. The summed E-state index contributed by atoms with van der Waals surface area (Å²) in [7, 11) is 2.80. The van der Waals surface area contributed by atoms with Crippen LogP contribution in [-0.2, 0) is 19.1 Å². The normalized spacial score (nSPS) is 12.0. The van der Waals surface area contributed by atoms with E-state index in [1.807, 2.05) is 0 Å². The van der Waals surface area contributed by atoms with Gasteiger partial charge in [-0.25, -0.2) is 14.4 Å². The maximum absolute atomic E-state index is 13.2. The van der Waals surface area contributed by atoms with E-state index in [-0.39, 0.29) is 11.1 Å². The number of para-hydroxylation sites is 1. The molecule has 0 aliphatic heterocycles. The molecule has 0 radical (unpaired) electrons. The number of carboxylic acids is 1. The molecule has 3 aromatic rings. The lowest BCUT2D eigenvalue weighted by atomic mass is 10.1. The summed E-state index contributed by atoms with van der Waals surface area (Å²) in [6, 6.07) is 18.4. The SMILES string of the molecule is COc1cccc(C(=O)O[C@H](C(=O)O)[C@H](OC(=O)c2cccc(OC)c2)C(=O)Nc2ccccc2C)c1. The van der Waals surface area contributed by atoms with Crippen LogP contribution in [0.5, 0.6) is 11.5 Å². The number of ether oxygens (including phenoxy) is 4. The van der Waals surface area contributed by atoms with Crippen LogP contribution in [-0.4, -0.2) is 55.3 Å². The van der Waals surface area contributed by atoms with E-state index < -0.39 is 36.0 Å². The van der Waals surface area contributed by atoms with Gasteiger partial charge < -0.3 is 29.4 Å². The number of carbonyl (C=O) groups excluding carboxylic acids is 3. The molecule has 3 aromatic carbocycles. The standard InChI is InChI=1S/C27H25NO9/c1-16-8-4-5-13-21(16)28-24(29)22(36-26(32)17-9-6-11-19(14-17)34-2)23(25(30)31)37-27(33)18-10-7-12-20(15-18)35-3/h4-15,22-23H,1-3H3,(H,28,29)(H,30,31)/t22-,23-/m0/s1. The fraction of sp³-hybridized carbons (Fsp3) is 0.185. The number of amides is 1. The Kier molecular flexibility index (Phi) is 8.82. The molecule has 1 amide bonds. The quantitative estimate of drug-likeness (QED) is 0.395. The molecule has 0 heterocycles. The second-order valence-electron chi connectivity index (χ2n) is 7.76. The molecule has 0 bridgehead atoms. The number of carbonyl (C=O) groups is 4. The minimum Gasteiger partial charge on any atom is -0.497 e. The number of methoxy groups -OCH3 is 2. The Bertz CT molecular complexity index is 1300. The minimum absolute atomic E-state index is 0.00342. The van der Waals surface area contributed by atoms with Gasteiger partial charge in [0.25, 0.3) is 5.91 Å². The monoisotopic (exact) mass is 507 g/mol. The van der Waals surface area contributed by atoms with Gasteiger partial charge in [0.05, 0.1) is 25.3 Å². The van der Waals surface area contributed by atoms with Crippen molar-refractivity contribution in [3.63, 3.8) is 0 Å². The molecule has 0 aliphatic carbocycles. The zero-order valence-corrected chi connectivity index (χ0v) is 20.3. The summed E-state index contributed by atoms with van der Waals surface area (Å²) in [6.45, 7) is 1.73. The van der Waals surface area contributed by atoms with Crippen LogP contribution in [0.2, 0.25) is 0 Å². The van der Waals surface area contributed by atoms with E-state index in [2.05, 4.69) is 5.32 Å². The van der Waals surface area contributed by atoms with Crippen molar-refractivity contribution in [1.29, 1.82) is 0 Å². The van der Waals surface area contributed by atoms with Crippen molar-refractivity contribution in [2.24, 2.45) is 0 Å². The summed E-state index contributed by atoms with van der Waals surface area (Å²) in [5.41, 5.74) is 1.01. The number of carboxylic acid groups (broad SMARTS) is 1. The van der Waals surface area contributed by atoms with Gasteiger partial charge in [0.2, 0.25) is 12.2 Å². The third-order valence-electron chi connectivity index (χ3n) is 5.26. The maximum Gasteiger partial charge on any atom is 0.349 e. The van der Waals surface area contributed by atoms with Crippen molar-refractivity contribution in [2.75, 3.05) is 19.5 Å². The summed E-state index contributed by atoms with van der Waals surface area (Å²) < 4.78 is 20.7. The van der Waals surface area contributed by atoms with Crippen LogP contribution in [0.3, 0.4) is 0 Å². The van der Waals surface area contributed by atoms with Gasteiger partial charge in [0, 0.05) is 5.69 Å². The number of aliphatic carboxylic acids is 1. The molecule has 0 unspecified atom stereocenters. The molecular weight excluding hydrogens is 482 g/mol. The molecule has 0 spiro atoms. The summed E-state index contributed by atoms with van der Waals surface area (Å²) in [4.78, 5) is 51.1. The Morgan fingerprint density at radius 3 is 1.73 bits per heavy atom. The van der Waals surface area contributed by atoms with Gasteiger partial charge in [0.1, 0.15) is 11.5 Å². The Labute approximate surface area is 212 Å². The molecule has 0 aromatic heterocycles. The zero-order valence-electron chi connectivity index (χ0n) is 20.3. The second-order valence-corrected chi connectivity index (χ2v) is 7.76. The molecule has 10 heteroatoms. The Morgan fingerprint density at radius 2 is 1.24 bits per heavy atom. The Balaban J connectivity index is 1.94. The molecule has 0 saturated carbocycles. The lowest BCUT2D eigenvalue weighted by Gasteiger charge is -2.24. The number of anilines is 1. The molecule has 3 rings (SSSR count). The summed E-state index contributed by atoms with van der Waals surface area (Å²) >= 11 is 0. The van der Waals surface area contributed by atoms with E-state index in [4.69, 9.17) is 18.9 Å². The van der Waals surface area contributed by atoms with E-state index in [0.717, 1.165) is 0 Å². The van der Waals surface area contributed by atoms with Crippen LogP contribution in [0.15, 0.2) is 72.8 Å². The van der Waals surface area contributed by atoms with Gasteiger partial charge in [-0.15, -0.1) is 0 Å². The lowest BCUT2D eigenvalue weighted by molar-refractivity contribution is -0.157. The van der Waals surface area contributed by atoms with Crippen molar-refractivity contribution in [1.82, 2.24) is 0 Å². The highest BCUT2D eigenvalue weighted by molar-refractivity contribution is 6.02. The average molecular weight is 507 g/mol. The highest BCUT2D eigenvalue weighted by Crippen LogP contribution is 2.20. The van der Waals surface area contributed by atoms with E-state index in [9.17, 15) is 24.3 Å². The van der Waals surface area contributed by atoms with Crippen molar-refractivity contribution in [3.05, 3.63) is 89.5 Å². The zero-order chi connectivity index (χ0) is 26.9. The van der Waals surface area contributed by atoms with Crippen LogP contribution >= 0.6 is 0 Å². The highest BCUT2D eigenvalue weighted by atomic mass is 16.6. The number of hydrogen-bond acceptors (Lipinski definition) is 8. The van der Waals surface area contributed by atoms with Gasteiger partial charge in [-0.3, -0.25) is 4.79 Å². The van der Waals surface area contributed by atoms with Crippen molar-refractivity contribution >= 4 is 29.5 Å². The van der Waals surface area contributed by atoms with Crippen LogP contribution in [0, 0.1) is 6.92 Å². The number of nitrogens with one attached hydrogen (secondary N) is 1. The smallest absolute Gasteiger partial charge is 0.349 e. The predicted octanol–water partition coefficient (Wildman–Crippen LogP) is 3.49. The van der Waals surface area contributed by atoms with Crippen molar-refractivity contribution in [3.8, 4) is 11.5 Å². The third-order valence-corrected chi connectivity index (χ3v) is 5.26. The van der Waals surface area contributed by atoms with Crippen molar-refractivity contribution in [2.45, 2.75) is 19.1 Å². The van der Waals surface area contributed by atoms with Crippen LogP contribution in [0.4, 0.5) is 5.69 Å². The van der Waals surface area contributed by atoms with Gasteiger partial charge in [-0.1, -0.05) is 30.3 Å². The number of rotatable bonds is 10. The number of hydrogen-bond donors (Lipinski definition) is 2. The van der Waals surface area contributed by atoms with Gasteiger partial charge in [-0.2, -0.15) is 0 Å². The lowest BCUT2D eigenvalue weighted by Crippen LogP contribution is -2.48. The topological polar surface area (TPSA) is 137 Å².